The molecule has 1 fully saturated rings. The Hall–Kier alpha value is -4.19. The normalized spacial score (nSPS) is 24.7. The van der Waals surface area contributed by atoms with Crippen LogP contribution in [0.5, 0.6) is 5.75 Å². The van der Waals surface area contributed by atoms with Crippen molar-refractivity contribution in [2.75, 3.05) is 17.3 Å². The van der Waals surface area contributed by atoms with Gasteiger partial charge in [-0.1, -0.05) is 62.8 Å². The summed E-state index contributed by atoms with van der Waals surface area (Å²) in [5, 5.41) is 3.07. The van der Waals surface area contributed by atoms with Crippen molar-refractivity contribution in [3.8, 4) is 5.75 Å². The van der Waals surface area contributed by atoms with Gasteiger partial charge in [0.25, 0.3) is 0 Å². The summed E-state index contributed by atoms with van der Waals surface area (Å²) in [5.74, 6) is -0.888. The Morgan fingerprint density at radius 2 is 1.72 bits per heavy atom. The molecule has 3 heterocycles. The Morgan fingerprint density at radius 3 is 2.41 bits per heavy atom. The van der Waals surface area contributed by atoms with Gasteiger partial charge in [0.2, 0.25) is 5.91 Å². The fraction of sp³-hybridized carbons (Fsp3) is 0.303. The zero-order chi connectivity index (χ0) is 27.7. The molecule has 1 saturated heterocycles. The van der Waals surface area contributed by atoms with Crippen LogP contribution in [0.25, 0.3) is 6.08 Å². The topological polar surface area (TPSA) is 75.7 Å². The summed E-state index contributed by atoms with van der Waals surface area (Å²) in [6.07, 6.45) is 4.03. The Labute approximate surface area is 228 Å². The van der Waals surface area contributed by atoms with Crippen molar-refractivity contribution in [2.45, 2.75) is 45.2 Å². The second-order valence-corrected chi connectivity index (χ2v) is 11.8. The molecule has 39 heavy (non-hydrogen) atoms. The number of Topliss-reactive ketones (excluding diaryl/α,β-unsaturated/α-hetero) is 2. The minimum Gasteiger partial charge on any atom is -0.497 e. The molecular weight excluding hydrogens is 488 g/mol. The van der Waals surface area contributed by atoms with E-state index < -0.39 is 28.8 Å². The molecular formula is C33H32N2O4. The highest BCUT2D eigenvalue weighted by molar-refractivity contribution is 6.17. The van der Waals surface area contributed by atoms with Gasteiger partial charge in [-0.3, -0.25) is 14.4 Å². The average molecular weight is 521 g/mol. The predicted octanol–water partition coefficient (Wildman–Crippen LogP) is 5.59. The first-order chi connectivity index (χ1) is 18.6. The Kier molecular flexibility index (Phi) is 5.58. The van der Waals surface area contributed by atoms with E-state index >= 15 is 0 Å². The molecule has 0 aliphatic carbocycles. The lowest BCUT2D eigenvalue weighted by molar-refractivity contribution is -0.128. The van der Waals surface area contributed by atoms with Crippen molar-refractivity contribution in [1.29, 1.82) is 0 Å². The molecule has 4 atom stereocenters. The largest absolute Gasteiger partial charge is 0.497 e. The number of para-hydroxylation sites is 1. The van der Waals surface area contributed by atoms with Crippen LogP contribution in [0.1, 0.15) is 47.8 Å². The Bertz CT molecular complexity index is 1550. The standard InChI is InChI=1S/C33H32N2O4/c1-19-10-16-25-21(18-19)13-17-26-33(23-8-6-7-9-24(23)34-31(33)38)27(28(35(25)26)30(37)32(2,3)4)29(36)20-11-14-22(39-5)15-12-20/h6-18,26-28H,1-5H3,(H,34,38). The summed E-state index contributed by atoms with van der Waals surface area (Å²) in [4.78, 5) is 45.5. The number of rotatable bonds is 4. The zero-order valence-electron chi connectivity index (χ0n) is 22.8. The van der Waals surface area contributed by atoms with E-state index in [2.05, 4.69) is 16.3 Å². The van der Waals surface area contributed by atoms with Gasteiger partial charge in [-0.2, -0.15) is 0 Å². The molecule has 1 amide bonds. The van der Waals surface area contributed by atoms with Gasteiger partial charge in [-0.05, 0) is 60.5 Å². The van der Waals surface area contributed by atoms with Gasteiger partial charge >= 0.3 is 0 Å². The molecule has 0 radical (unpaired) electrons. The highest BCUT2D eigenvalue weighted by Gasteiger charge is 2.70. The van der Waals surface area contributed by atoms with Crippen LogP contribution in [0.3, 0.4) is 0 Å². The first-order valence-electron chi connectivity index (χ1n) is 13.3. The molecule has 198 valence electrons. The van der Waals surface area contributed by atoms with Crippen molar-refractivity contribution in [3.05, 3.63) is 95.1 Å². The van der Waals surface area contributed by atoms with Gasteiger partial charge in [-0.25, -0.2) is 0 Å². The van der Waals surface area contributed by atoms with Gasteiger partial charge < -0.3 is 15.0 Å². The highest BCUT2D eigenvalue weighted by Crippen LogP contribution is 2.58. The number of aryl methyl sites for hydroxylation is 1. The minimum atomic E-state index is -1.29. The zero-order valence-corrected chi connectivity index (χ0v) is 22.8. The van der Waals surface area contributed by atoms with E-state index in [9.17, 15) is 14.4 Å². The van der Waals surface area contributed by atoms with Crippen LogP contribution in [0.15, 0.2) is 72.8 Å². The first-order valence-corrected chi connectivity index (χ1v) is 13.3. The maximum Gasteiger partial charge on any atom is 0.238 e. The van der Waals surface area contributed by atoms with Crippen molar-refractivity contribution in [3.63, 3.8) is 0 Å². The van der Waals surface area contributed by atoms with E-state index in [0.29, 0.717) is 17.0 Å². The number of nitrogens with one attached hydrogen (secondary N) is 1. The van der Waals surface area contributed by atoms with E-state index in [0.717, 1.165) is 22.4 Å². The Balaban J connectivity index is 1.66. The van der Waals surface area contributed by atoms with Gasteiger partial charge in [0.15, 0.2) is 11.6 Å². The fourth-order valence-electron chi connectivity index (χ4n) is 6.68. The van der Waals surface area contributed by atoms with Crippen LogP contribution in [-0.4, -0.2) is 36.7 Å². The molecule has 0 aromatic heterocycles. The third-order valence-corrected chi connectivity index (χ3v) is 8.45. The van der Waals surface area contributed by atoms with Gasteiger partial charge in [0.05, 0.1) is 19.1 Å². The summed E-state index contributed by atoms with van der Waals surface area (Å²) in [5.41, 5.74) is 2.76. The van der Waals surface area contributed by atoms with Crippen LogP contribution in [0, 0.1) is 18.3 Å². The van der Waals surface area contributed by atoms with E-state index in [4.69, 9.17) is 4.74 Å². The third-order valence-electron chi connectivity index (χ3n) is 8.45. The molecule has 0 bridgehead atoms. The summed E-state index contributed by atoms with van der Waals surface area (Å²) in [7, 11) is 1.57. The number of ether oxygens (including phenoxy) is 1. The van der Waals surface area contributed by atoms with Crippen molar-refractivity contribution >= 4 is 34.9 Å². The van der Waals surface area contributed by atoms with Crippen LogP contribution >= 0.6 is 0 Å². The van der Waals surface area contributed by atoms with E-state index in [-0.39, 0.29) is 17.5 Å². The molecule has 3 aliphatic rings. The molecule has 6 heteroatoms. The minimum absolute atomic E-state index is 0.0738. The van der Waals surface area contributed by atoms with E-state index in [1.165, 1.54) is 0 Å². The molecule has 1 spiro atoms. The van der Waals surface area contributed by atoms with Gasteiger partial charge in [0.1, 0.15) is 17.2 Å². The SMILES string of the molecule is COc1ccc(C(=O)C2C(C(=O)C(C)(C)C)N3c4ccc(C)cc4C=CC3C23C(=O)Nc2ccccc23)cc1. The monoisotopic (exact) mass is 520 g/mol. The molecule has 4 unspecified atom stereocenters. The first kappa shape index (κ1) is 25.1. The molecule has 6 rings (SSSR count). The predicted molar refractivity (Wildman–Crippen MR) is 152 cm³/mol. The second kappa shape index (κ2) is 8.67. The summed E-state index contributed by atoms with van der Waals surface area (Å²) in [6, 6.07) is 19.2. The van der Waals surface area contributed by atoms with E-state index in [1.54, 1.807) is 31.4 Å². The summed E-state index contributed by atoms with van der Waals surface area (Å²) in [6.45, 7) is 7.66. The number of fused-ring (bicyclic) bond motifs is 6. The van der Waals surface area contributed by atoms with Crippen molar-refractivity contribution in [1.82, 2.24) is 0 Å². The van der Waals surface area contributed by atoms with Crippen LogP contribution in [-0.2, 0) is 15.0 Å². The molecule has 6 nitrogen and oxygen atoms in total. The Morgan fingerprint density at radius 1 is 1.00 bits per heavy atom. The number of methoxy groups -OCH3 is 1. The number of amides is 1. The number of carbonyl (C=O) groups is 3. The summed E-state index contributed by atoms with van der Waals surface area (Å²) >= 11 is 0. The average Bonchev–Trinajstić information content (AvgIpc) is 3.39. The number of carbonyl (C=O) groups excluding carboxylic acids is 3. The molecule has 1 N–H and O–H groups in total. The number of anilines is 2. The lowest BCUT2D eigenvalue weighted by Crippen LogP contribution is -2.51. The van der Waals surface area contributed by atoms with Crippen LogP contribution in [0.4, 0.5) is 11.4 Å². The van der Waals surface area contributed by atoms with Crippen molar-refractivity contribution < 1.29 is 19.1 Å². The molecule has 3 aliphatic heterocycles. The number of hydrogen-bond acceptors (Lipinski definition) is 5. The summed E-state index contributed by atoms with van der Waals surface area (Å²) < 4.78 is 5.31. The smallest absolute Gasteiger partial charge is 0.238 e. The van der Waals surface area contributed by atoms with Crippen LogP contribution < -0.4 is 15.0 Å². The van der Waals surface area contributed by atoms with Crippen LogP contribution in [0.2, 0.25) is 0 Å². The number of ketones is 2. The maximum atomic E-state index is 14.7. The fourth-order valence-corrected chi connectivity index (χ4v) is 6.68. The number of hydrogen-bond donors (Lipinski definition) is 1. The second-order valence-electron chi connectivity index (χ2n) is 11.8. The molecule has 0 saturated carbocycles. The molecule has 3 aromatic carbocycles. The van der Waals surface area contributed by atoms with Gasteiger partial charge in [0, 0.05) is 22.4 Å². The molecule has 3 aromatic rings. The quantitative estimate of drug-likeness (QED) is 0.454. The number of nitrogens with zero attached hydrogens (tertiary/aromatic N) is 1. The maximum absolute atomic E-state index is 14.7. The van der Waals surface area contributed by atoms with Crippen molar-refractivity contribution in [2.24, 2.45) is 11.3 Å². The lowest BCUT2D eigenvalue weighted by atomic mass is 9.63. The number of benzene rings is 3. The third kappa shape index (κ3) is 3.50. The van der Waals surface area contributed by atoms with Gasteiger partial charge in [-0.15, -0.1) is 0 Å². The highest BCUT2D eigenvalue weighted by atomic mass is 16.5. The van der Waals surface area contributed by atoms with E-state index in [1.807, 2.05) is 76.2 Å². The lowest BCUT2D eigenvalue weighted by Gasteiger charge is -2.38.